The standard InChI is InChI=1S/C19H20N2O3/c1-23-18-10-14-13-6-2-3-7-16(13)24-17(14)11-15(18)20-19(22)12-21-8-4-5-9-21/h2-3,6-7,10-11H,4-5,8-9,12H2,1H3,(H,20,22). The van der Waals surface area contributed by atoms with Crippen molar-refractivity contribution in [3.63, 3.8) is 0 Å². The van der Waals surface area contributed by atoms with Crippen LogP contribution in [-0.2, 0) is 4.79 Å². The van der Waals surface area contributed by atoms with E-state index in [4.69, 9.17) is 9.15 Å². The highest BCUT2D eigenvalue weighted by Gasteiger charge is 2.17. The molecular weight excluding hydrogens is 304 g/mol. The van der Waals surface area contributed by atoms with Crippen LogP contribution in [0.3, 0.4) is 0 Å². The van der Waals surface area contributed by atoms with E-state index in [9.17, 15) is 4.79 Å². The molecule has 5 heteroatoms. The van der Waals surface area contributed by atoms with Gasteiger partial charge in [0.1, 0.15) is 16.9 Å². The Bertz CT molecular complexity index is 894. The Morgan fingerprint density at radius 2 is 1.96 bits per heavy atom. The number of benzene rings is 2. The minimum Gasteiger partial charge on any atom is -0.495 e. The van der Waals surface area contributed by atoms with Crippen molar-refractivity contribution in [2.75, 3.05) is 32.1 Å². The van der Waals surface area contributed by atoms with E-state index in [1.54, 1.807) is 7.11 Å². The number of hydrogen-bond acceptors (Lipinski definition) is 4. The van der Waals surface area contributed by atoms with Crippen LogP contribution in [0, 0.1) is 0 Å². The lowest BCUT2D eigenvalue weighted by atomic mass is 10.1. The molecule has 1 aliphatic heterocycles. The predicted octanol–water partition coefficient (Wildman–Crippen LogP) is 3.63. The Balaban J connectivity index is 1.66. The van der Waals surface area contributed by atoms with Crippen molar-refractivity contribution in [2.24, 2.45) is 0 Å². The fraction of sp³-hybridized carbons (Fsp3) is 0.316. The molecule has 2 aromatic carbocycles. The second-order valence-electron chi connectivity index (χ2n) is 6.18. The molecule has 0 bridgehead atoms. The van der Waals surface area contributed by atoms with Gasteiger partial charge in [0.2, 0.25) is 5.91 Å². The molecule has 124 valence electrons. The molecule has 24 heavy (non-hydrogen) atoms. The first kappa shape index (κ1) is 15.0. The molecule has 2 heterocycles. The van der Waals surface area contributed by atoms with Crippen molar-refractivity contribution in [1.29, 1.82) is 0 Å². The zero-order valence-electron chi connectivity index (χ0n) is 13.7. The van der Waals surface area contributed by atoms with Crippen LogP contribution in [0.15, 0.2) is 40.8 Å². The lowest BCUT2D eigenvalue weighted by Gasteiger charge is -2.15. The van der Waals surface area contributed by atoms with Gasteiger partial charge in [-0.05, 0) is 38.1 Å². The summed E-state index contributed by atoms with van der Waals surface area (Å²) in [7, 11) is 1.61. The molecule has 1 aliphatic rings. The first-order valence-corrected chi connectivity index (χ1v) is 8.26. The van der Waals surface area contributed by atoms with Crippen LogP contribution in [0.2, 0.25) is 0 Å². The summed E-state index contributed by atoms with van der Waals surface area (Å²) in [6.07, 6.45) is 2.34. The number of nitrogens with one attached hydrogen (secondary N) is 1. The second kappa shape index (κ2) is 6.17. The van der Waals surface area contributed by atoms with Crippen molar-refractivity contribution >= 4 is 33.5 Å². The molecule has 1 saturated heterocycles. The van der Waals surface area contributed by atoms with E-state index < -0.39 is 0 Å². The maximum absolute atomic E-state index is 12.3. The van der Waals surface area contributed by atoms with Gasteiger partial charge in [-0.15, -0.1) is 0 Å². The summed E-state index contributed by atoms with van der Waals surface area (Å²) in [5.74, 6) is 0.620. The minimum absolute atomic E-state index is 0.0225. The predicted molar refractivity (Wildman–Crippen MR) is 94.6 cm³/mol. The van der Waals surface area contributed by atoms with Crippen molar-refractivity contribution in [2.45, 2.75) is 12.8 Å². The lowest BCUT2D eigenvalue weighted by Crippen LogP contribution is -2.30. The molecule has 0 atom stereocenters. The number of rotatable bonds is 4. The number of nitrogens with zero attached hydrogens (tertiary/aromatic N) is 1. The van der Waals surface area contributed by atoms with Gasteiger partial charge in [-0.2, -0.15) is 0 Å². The average molecular weight is 324 g/mol. The molecule has 0 unspecified atom stereocenters. The highest BCUT2D eigenvalue weighted by molar-refractivity contribution is 6.07. The van der Waals surface area contributed by atoms with Crippen LogP contribution >= 0.6 is 0 Å². The first-order valence-electron chi connectivity index (χ1n) is 8.26. The monoisotopic (exact) mass is 324 g/mol. The van der Waals surface area contributed by atoms with E-state index in [-0.39, 0.29) is 5.91 Å². The van der Waals surface area contributed by atoms with Crippen LogP contribution in [-0.4, -0.2) is 37.6 Å². The number of para-hydroxylation sites is 1. The molecule has 1 N–H and O–H groups in total. The van der Waals surface area contributed by atoms with Crippen LogP contribution in [0.25, 0.3) is 21.9 Å². The molecule has 5 nitrogen and oxygen atoms in total. The van der Waals surface area contributed by atoms with Crippen molar-refractivity contribution < 1.29 is 13.9 Å². The maximum Gasteiger partial charge on any atom is 0.238 e. The largest absolute Gasteiger partial charge is 0.495 e. The van der Waals surface area contributed by atoms with Crippen LogP contribution < -0.4 is 10.1 Å². The van der Waals surface area contributed by atoms with Gasteiger partial charge in [0.25, 0.3) is 0 Å². The van der Waals surface area contributed by atoms with E-state index in [1.165, 1.54) is 12.8 Å². The number of amides is 1. The van der Waals surface area contributed by atoms with Crippen LogP contribution in [0.1, 0.15) is 12.8 Å². The van der Waals surface area contributed by atoms with E-state index >= 15 is 0 Å². The summed E-state index contributed by atoms with van der Waals surface area (Å²) in [5.41, 5.74) is 2.22. The number of anilines is 1. The Kier molecular flexibility index (Phi) is 3.86. The van der Waals surface area contributed by atoms with Gasteiger partial charge in [0.05, 0.1) is 19.3 Å². The molecule has 0 spiro atoms. The average Bonchev–Trinajstić information content (AvgIpc) is 3.20. The summed E-state index contributed by atoms with van der Waals surface area (Å²) >= 11 is 0. The van der Waals surface area contributed by atoms with Gasteiger partial charge in [-0.3, -0.25) is 9.69 Å². The third kappa shape index (κ3) is 2.71. The summed E-state index contributed by atoms with van der Waals surface area (Å²) in [6, 6.07) is 11.7. The van der Waals surface area contributed by atoms with Crippen molar-refractivity contribution in [3.8, 4) is 5.75 Å². The van der Waals surface area contributed by atoms with Gasteiger partial charge in [-0.1, -0.05) is 18.2 Å². The molecule has 4 rings (SSSR count). The third-order valence-electron chi connectivity index (χ3n) is 4.54. The number of methoxy groups -OCH3 is 1. The minimum atomic E-state index is -0.0225. The van der Waals surface area contributed by atoms with E-state index in [0.717, 1.165) is 35.0 Å². The van der Waals surface area contributed by atoms with Gasteiger partial charge in [0.15, 0.2) is 0 Å². The molecule has 0 radical (unpaired) electrons. The number of likely N-dealkylation sites (tertiary alicyclic amines) is 1. The quantitative estimate of drug-likeness (QED) is 0.796. The summed E-state index contributed by atoms with van der Waals surface area (Å²) in [5, 5.41) is 4.99. The number of ether oxygens (including phenoxy) is 1. The van der Waals surface area contributed by atoms with Crippen molar-refractivity contribution in [1.82, 2.24) is 4.90 Å². The van der Waals surface area contributed by atoms with Gasteiger partial charge in [-0.25, -0.2) is 0 Å². The van der Waals surface area contributed by atoms with Crippen LogP contribution in [0.5, 0.6) is 5.75 Å². The molecule has 0 aliphatic carbocycles. The van der Waals surface area contributed by atoms with Crippen LogP contribution in [0.4, 0.5) is 5.69 Å². The van der Waals surface area contributed by atoms with Gasteiger partial charge in [0, 0.05) is 16.8 Å². The lowest BCUT2D eigenvalue weighted by molar-refractivity contribution is -0.117. The fourth-order valence-electron chi connectivity index (χ4n) is 3.35. The number of carbonyl (C=O) groups is 1. The number of fused-ring (bicyclic) bond motifs is 3. The SMILES string of the molecule is COc1cc2c(cc1NC(=O)CN1CCCC1)oc1ccccc12. The smallest absolute Gasteiger partial charge is 0.238 e. The first-order chi connectivity index (χ1) is 11.7. The fourth-order valence-corrected chi connectivity index (χ4v) is 3.35. The van der Waals surface area contributed by atoms with E-state index in [1.807, 2.05) is 36.4 Å². The highest BCUT2D eigenvalue weighted by Crippen LogP contribution is 2.36. The van der Waals surface area contributed by atoms with Gasteiger partial charge < -0.3 is 14.5 Å². The zero-order valence-corrected chi connectivity index (χ0v) is 13.7. The van der Waals surface area contributed by atoms with Crippen molar-refractivity contribution in [3.05, 3.63) is 36.4 Å². The maximum atomic E-state index is 12.3. The Labute approximate surface area is 140 Å². The normalized spacial score (nSPS) is 15.2. The highest BCUT2D eigenvalue weighted by atomic mass is 16.5. The number of furan rings is 1. The summed E-state index contributed by atoms with van der Waals surface area (Å²) in [6.45, 7) is 2.40. The third-order valence-corrected chi connectivity index (χ3v) is 4.54. The molecule has 1 amide bonds. The Morgan fingerprint density at radius 1 is 1.17 bits per heavy atom. The number of hydrogen-bond donors (Lipinski definition) is 1. The Hall–Kier alpha value is -2.53. The van der Waals surface area contributed by atoms with E-state index in [2.05, 4.69) is 10.2 Å². The molecule has 1 fully saturated rings. The Morgan fingerprint density at radius 3 is 2.75 bits per heavy atom. The topological polar surface area (TPSA) is 54.7 Å². The second-order valence-corrected chi connectivity index (χ2v) is 6.18. The number of carbonyl (C=O) groups excluding carboxylic acids is 1. The molecule has 1 aromatic heterocycles. The zero-order chi connectivity index (χ0) is 16.5. The summed E-state index contributed by atoms with van der Waals surface area (Å²) < 4.78 is 11.4. The summed E-state index contributed by atoms with van der Waals surface area (Å²) in [4.78, 5) is 14.5. The van der Waals surface area contributed by atoms with Gasteiger partial charge >= 0.3 is 0 Å². The molecular formula is C19H20N2O3. The van der Waals surface area contributed by atoms with E-state index in [0.29, 0.717) is 18.0 Å². The molecule has 3 aromatic rings. The molecule has 0 saturated carbocycles.